The predicted octanol–water partition coefficient (Wildman–Crippen LogP) is 8.37. The van der Waals surface area contributed by atoms with E-state index in [9.17, 15) is 10.2 Å². The van der Waals surface area contributed by atoms with Crippen molar-refractivity contribution < 1.29 is 19.0 Å². The van der Waals surface area contributed by atoms with Crippen molar-refractivity contribution in [1.29, 1.82) is 0 Å². The molecular weight excluding hydrogens is 436 g/mol. The van der Waals surface area contributed by atoms with Crippen LogP contribution < -0.4 is 0 Å². The molecule has 0 aliphatic carbocycles. The van der Waals surface area contributed by atoms with Gasteiger partial charge in [0.1, 0.15) is 33.8 Å². The largest absolute Gasteiger partial charge is 0.507 e. The van der Waals surface area contributed by atoms with Crippen LogP contribution in [0.2, 0.25) is 5.02 Å². The number of hydrogen-bond donors (Lipinski definition) is 2. The lowest BCUT2D eigenvalue weighted by atomic mass is 9.96. The fraction of sp³-hybridized carbons (Fsp3) is 0. The molecule has 0 unspecified atom stereocenters. The molecule has 0 saturated heterocycles. The summed E-state index contributed by atoms with van der Waals surface area (Å²) in [6, 6.07) is 24.5. The Morgan fingerprint density at radius 1 is 0.606 bits per heavy atom. The van der Waals surface area contributed by atoms with Gasteiger partial charge in [-0.15, -0.1) is 0 Å². The van der Waals surface area contributed by atoms with Gasteiger partial charge in [-0.3, -0.25) is 0 Å². The standard InChI is InChI=1S/C28H15ClO4/c29-27-20(31)13-18(24-19(30)9-10-22-25(24)16-7-3-4-8-21(16)32-22)28-26(27)17-11-14-5-1-2-6-15(14)12-23(17)33-28/h1-13,30-31H. The van der Waals surface area contributed by atoms with Crippen molar-refractivity contribution in [3.8, 4) is 22.6 Å². The van der Waals surface area contributed by atoms with Crippen LogP contribution in [0.15, 0.2) is 87.7 Å². The summed E-state index contributed by atoms with van der Waals surface area (Å²) >= 11 is 6.60. The highest BCUT2D eigenvalue weighted by atomic mass is 35.5. The number of para-hydroxylation sites is 1. The van der Waals surface area contributed by atoms with Crippen LogP contribution in [0.5, 0.6) is 11.5 Å². The Labute approximate surface area is 191 Å². The molecule has 5 aromatic carbocycles. The van der Waals surface area contributed by atoms with Gasteiger partial charge in [0.2, 0.25) is 0 Å². The molecule has 0 saturated carbocycles. The van der Waals surface area contributed by atoms with Gasteiger partial charge in [-0.05, 0) is 47.2 Å². The molecule has 2 N–H and O–H groups in total. The third-order valence-corrected chi connectivity index (χ3v) is 6.70. The summed E-state index contributed by atoms with van der Waals surface area (Å²) in [5, 5.41) is 27.1. The van der Waals surface area contributed by atoms with Gasteiger partial charge in [0.25, 0.3) is 0 Å². The Bertz CT molecular complexity index is 1910. The lowest BCUT2D eigenvalue weighted by Gasteiger charge is -2.10. The van der Waals surface area contributed by atoms with Crippen molar-refractivity contribution in [1.82, 2.24) is 0 Å². The van der Waals surface area contributed by atoms with E-state index in [0.29, 0.717) is 38.8 Å². The van der Waals surface area contributed by atoms with Crippen molar-refractivity contribution in [2.24, 2.45) is 0 Å². The van der Waals surface area contributed by atoms with Crippen LogP contribution in [0.3, 0.4) is 0 Å². The van der Waals surface area contributed by atoms with Gasteiger partial charge < -0.3 is 19.0 Å². The van der Waals surface area contributed by atoms with Crippen molar-refractivity contribution in [3.05, 3.63) is 83.9 Å². The van der Waals surface area contributed by atoms with Crippen molar-refractivity contribution in [3.63, 3.8) is 0 Å². The van der Waals surface area contributed by atoms with Crippen LogP contribution in [0.1, 0.15) is 0 Å². The van der Waals surface area contributed by atoms with Crippen LogP contribution in [0, 0.1) is 0 Å². The predicted molar refractivity (Wildman–Crippen MR) is 132 cm³/mol. The highest BCUT2D eigenvalue weighted by Gasteiger charge is 2.24. The lowest BCUT2D eigenvalue weighted by Crippen LogP contribution is -1.84. The number of aromatic hydroxyl groups is 2. The molecule has 0 fully saturated rings. The Morgan fingerprint density at radius 3 is 2.21 bits per heavy atom. The quantitative estimate of drug-likeness (QED) is 0.263. The van der Waals surface area contributed by atoms with Crippen LogP contribution >= 0.6 is 11.6 Å². The molecule has 0 bridgehead atoms. The minimum atomic E-state index is -0.0840. The first kappa shape index (κ1) is 18.4. The van der Waals surface area contributed by atoms with Gasteiger partial charge in [-0.2, -0.15) is 0 Å². The smallest absolute Gasteiger partial charge is 0.145 e. The van der Waals surface area contributed by atoms with E-state index in [1.807, 2.05) is 60.7 Å². The summed E-state index contributed by atoms with van der Waals surface area (Å²) in [4.78, 5) is 0. The number of halogens is 1. The van der Waals surface area contributed by atoms with Gasteiger partial charge in [0.05, 0.1) is 10.4 Å². The summed E-state index contributed by atoms with van der Waals surface area (Å²) in [6.07, 6.45) is 0. The number of hydrogen-bond acceptors (Lipinski definition) is 4. The SMILES string of the molecule is Oc1ccc2oc3ccccc3c2c1-c1cc(O)c(Cl)c2c1oc1cc3ccccc3cc12. The van der Waals surface area contributed by atoms with Gasteiger partial charge in [-0.25, -0.2) is 0 Å². The van der Waals surface area contributed by atoms with Crippen LogP contribution in [0.4, 0.5) is 0 Å². The Balaban J connectivity index is 1.69. The minimum Gasteiger partial charge on any atom is -0.507 e. The topological polar surface area (TPSA) is 66.7 Å². The van der Waals surface area contributed by atoms with E-state index in [4.69, 9.17) is 20.4 Å². The summed E-state index contributed by atoms with van der Waals surface area (Å²) < 4.78 is 12.4. The van der Waals surface area contributed by atoms with Crippen molar-refractivity contribution in [2.75, 3.05) is 0 Å². The van der Waals surface area contributed by atoms with Gasteiger partial charge in [0.15, 0.2) is 0 Å². The van der Waals surface area contributed by atoms with Gasteiger partial charge in [-0.1, -0.05) is 54.1 Å². The average Bonchev–Trinajstić information content (AvgIpc) is 3.38. The normalized spacial score (nSPS) is 12.0. The first-order valence-corrected chi connectivity index (χ1v) is 10.9. The number of phenols is 2. The molecule has 0 atom stereocenters. The first-order chi connectivity index (χ1) is 16.1. The zero-order chi connectivity index (χ0) is 22.3. The molecular formula is C28H15ClO4. The monoisotopic (exact) mass is 450 g/mol. The summed E-state index contributed by atoms with van der Waals surface area (Å²) in [5.74, 6) is -0.0260. The Hall–Kier alpha value is -4.15. The summed E-state index contributed by atoms with van der Waals surface area (Å²) in [7, 11) is 0. The van der Waals surface area contributed by atoms with E-state index in [1.54, 1.807) is 18.2 Å². The number of phenolic OH excluding ortho intramolecular Hbond substituents is 2. The van der Waals surface area contributed by atoms with E-state index in [0.717, 1.165) is 26.9 Å². The first-order valence-electron chi connectivity index (χ1n) is 10.5. The molecule has 2 heterocycles. The maximum atomic E-state index is 11.0. The molecule has 7 rings (SSSR count). The second-order valence-corrected chi connectivity index (χ2v) is 8.57. The van der Waals surface area contributed by atoms with E-state index in [-0.39, 0.29) is 16.5 Å². The second-order valence-electron chi connectivity index (χ2n) is 8.19. The molecule has 5 heteroatoms. The maximum Gasteiger partial charge on any atom is 0.145 e. The number of rotatable bonds is 1. The average molecular weight is 451 g/mol. The molecule has 0 amide bonds. The highest BCUT2D eigenvalue weighted by Crippen LogP contribution is 2.49. The van der Waals surface area contributed by atoms with Crippen LogP contribution in [0.25, 0.3) is 65.8 Å². The molecule has 2 aromatic heterocycles. The third kappa shape index (κ3) is 2.47. The molecule has 0 aliphatic heterocycles. The molecule has 33 heavy (non-hydrogen) atoms. The summed E-state index contributed by atoms with van der Waals surface area (Å²) in [6.45, 7) is 0. The van der Waals surface area contributed by atoms with Crippen LogP contribution in [-0.2, 0) is 0 Å². The maximum absolute atomic E-state index is 11.0. The molecule has 0 aliphatic rings. The lowest BCUT2D eigenvalue weighted by molar-refractivity contribution is 0.475. The number of benzene rings is 5. The van der Waals surface area contributed by atoms with E-state index in [1.165, 1.54) is 0 Å². The van der Waals surface area contributed by atoms with E-state index >= 15 is 0 Å². The minimum absolute atomic E-state index is 0.0580. The van der Waals surface area contributed by atoms with E-state index < -0.39 is 0 Å². The summed E-state index contributed by atoms with van der Waals surface area (Å²) in [5.41, 5.74) is 3.57. The molecule has 7 aromatic rings. The zero-order valence-electron chi connectivity index (χ0n) is 17.1. The number of fused-ring (bicyclic) bond motifs is 7. The van der Waals surface area contributed by atoms with Gasteiger partial charge in [0, 0.05) is 27.3 Å². The Morgan fingerprint density at radius 2 is 1.36 bits per heavy atom. The third-order valence-electron chi connectivity index (χ3n) is 6.32. The molecule has 0 spiro atoms. The fourth-order valence-electron chi connectivity index (χ4n) is 4.85. The highest BCUT2D eigenvalue weighted by molar-refractivity contribution is 6.40. The van der Waals surface area contributed by atoms with Crippen molar-refractivity contribution in [2.45, 2.75) is 0 Å². The van der Waals surface area contributed by atoms with E-state index in [2.05, 4.69) is 0 Å². The fourth-order valence-corrected chi connectivity index (χ4v) is 5.09. The Kier molecular flexibility index (Phi) is 3.59. The van der Waals surface area contributed by atoms with Crippen molar-refractivity contribution >= 4 is 66.3 Å². The second kappa shape index (κ2) is 6.44. The molecule has 4 nitrogen and oxygen atoms in total. The zero-order valence-corrected chi connectivity index (χ0v) is 17.9. The van der Waals surface area contributed by atoms with Crippen LogP contribution in [-0.4, -0.2) is 10.2 Å². The number of furan rings is 2. The molecule has 158 valence electrons. The van der Waals surface area contributed by atoms with Gasteiger partial charge >= 0.3 is 0 Å². The molecule has 0 radical (unpaired) electrons.